The number of benzene rings is 2. The maximum atomic E-state index is 12.9. The van der Waals surface area contributed by atoms with Crippen LogP contribution < -0.4 is 4.74 Å². The van der Waals surface area contributed by atoms with Crippen molar-refractivity contribution >= 4 is 0 Å². The zero-order valence-electron chi connectivity index (χ0n) is 13.7. The molecule has 5 nitrogen and oxygen atoms in total. The van der Waals surface area contributed by atoms with Crippen LogP contribution in [0.3, 0.4) is 0 Å². The number of rotatable bonds is 7. The SMILES string of the molecule is CN(CCOc1ccc(F)cc1)Cc1nc(-c2ccc(F)cc2)no1. The number of hydrogen-bond donors (Lipinski definition) is 0. The third-order valence-corrected chi connectivity index (χ3v) is 3.53. The quantitative estimate of drug-likeness (QED) is 0.656. The van der Waals surface area contributed by atoms with E-state index in [1.807, 2.05) is 11.9 Å². The van der Waals surface area contributed by atoms with Crippen LogP contribution in [0.25, 0.3) is 11.4 Å². The molecule has 0 aliphatic rings. The molecule has 1 heterocycles. The lowest BCUT2D eigenvalue weighted by atomic mass is 10.2. The van der Waals surface area contributed by atoms with E-state index in [0.717, 1.165) is 0 Å². The Balaban J connectivity index is 1.48. The van der Waals surface area contributed by atoms with Gasteiger partial charge >= 0.3 is 0 Å². The summed E-state index contributed by atoms with van der Waals surface area (Å²) in [5.41, 5.74) is 0.693. The molecule has 3 rings (SSSR count). The van der Waals surface area contributed by atoms with Crippen molar-refractivity contribution in [3.63, 3.8) is 0 Å². The van der Waals surface area contributed by atoms with Crippen LogP contribution in [0, 0.1) is 11.6 Å². The summed E-state index contributed by atoms with van der Waals surface area (Å²) in [7, 11) is 1.90. The largest absolute Gasteiger partial charge is 0.492 e. The Morgan fingerprint density at radius 1 is 1.00 bits per heavy atom. The van der Waals surface area contributed by atoms with Gasteiger partial charge in [0.25, 0.3) is 0 Å². The van der Waals surface area contributed by atoms with Crippen molar-refractivity contribution in [2.45, 2.75) is 6.54 Å². The Morgan fingerprint density at radius 3 is 2.32 bits per heavy atom. The third kappa shape index (κ3) is 4.84. The Labute approximate surface area is 143 Å². The summed E-state index contributed by atoms with van der Waals surface area (Å²) >= 11 is 0. The first-order valence-electron chi connectivity index (χ1n) is 7.75. The monoisotopic (exact) mass is 345 g/mol. The Kier molecular flexibility index (Phi) is 5.35. The van der Waals surface area contributed by atoms with E-state index in [0.29, 0.717) is 42.7 Å². The van der Waals surface area contributed by atoms with Crippen LogP contribution in [0.15, 0.2) is 53.1 Å². The average molecular weight is 345 g/mol. The highest BCUT2D eigenvalue weighted by molar-refractivity contribution is 5.53. The lowest BCUT2D eigenvalue weighted by molar-refractivity contribution is 0.212. The molecule has 0 aliphatic carbocycles. The minimum Gasteiger partial charge on any atom is -0.492 e. The van der Waals surface area contributed by atoms with Gasteiger partial charge in [0.05, 0.1) is 6.54 Å². The molecule has 0 saturated carbocycles. The lowest BCUT2D eigenvalue weighted by Gasteiger charge is -2.14. The predicted molar refractivity (Wildman–Crippen MR) is 87.9 cm³/mol. The van der Waals surface area contributed by atoms with Crippen molar-refractivity contribution < 1.29 is 18.0 Å². The zero-order valence-corrected chi connectivity index (χ0v) is 13.7. The number of halogens is 2. The zero-order chi connectivity index (χ0) is 17.6. The van der Waals surface area contributed by atoms with Crippen molar-refractivity contribution in [2.75, 3.05) is 20.2 Å². The van der Waals surface area contributed by atoms with Crippen LogP contribution in [-0.2, 0) is 6.54 Å². The molecule has 25 heavy (non-hydrogen) atoms. The second kappa shape index (κ2) is 7.85. The minimum absolute atomic E-state index is 0.294. The van der Waals surface area contributed by atoms with Crippen molar-refractivity contribution in [2.24, 2.45) is 0 Å². The summed E-state index contributed by atoms with van der Waals surface area (Å²) < 4.78 is 36.5. The number of likely N-dealkylation sites (N-methyl/N-ethyl adjacent to an activating group) is 1. The van der Waals surface area contributed by atoms with Crippen LogP contribution >= 0.6 is 0 Å². The van der Waals surface area contributed by atoms with Gasteiger partial charge in [0, 0.05) is 12.1 Å². The van der Waals surface area contributed by atoms with Gasteiger partial charge in [-0.05, 0) is 55.6 Å². The van der Waals surface area contributed by atoms with Gasteiger partial charge in [-0.25, -0.2) is 8.78 Å². The Bertz CT molecular complexity index is 804. The molecule has 0 atom stereocenters. The van der Waals surface area contributed by atoms with Crippen LogP contribution in [0.2, 0.25) is 0 Å². The topological polar surface area (TPSA) is 51.4 Å². The van der Waals surface area contributed by atoms with E-state index in [-0.39, 0.29) is 11.6 Å². The standard InChI is InChI=1S/C18H17F2N3O2/c1-23(10-11-24-16-8-6-15(20)7-9-16)12-17-21-18(22-25-17)13-2-4-14(19)5-3-13/h2-9H,10-12H2,1H3. The highest BCUT2D eigenvalue weighted by Gasteiger charge is 2.11. The Hall–Kier alpha value is -2.80. The van der Waals surface area contributed by atoms with Crippen molar-refractivity contribution in [1.82, 2.24) is 15.0 Å². The molecule has 1 aromatic heterocycles. The first kappa shape index (κ1) is 17.0. The number of aromatic nitrogens is 2. The second-order valence-corrected chi connectivity index (χ2v) is 5.56. The van der Waals surface area contributed by atoms with Gasteiger partial charge < -0.3 is 9.26 Å². The van der Waals surface area contributed by atoms with E-state index in [1.54, 1.807) is 24.3 Å². The van der Waals surface area contributed by atoms with E-state index in [4.69, 9.17) is 9.26 Å². The highest BCUT2D eigenvalue weighted by atomic mass is 19.1. The average Bonchev–Trinajstić information content (AvgIpc) is 3.06. The van der Waals surface area contributed by atoms with Crippen molar-refractivity contribution in [3.05, 3.63) is 66.1 Å². The molecule has 130 valence electrons. The van der Waals surface area contributed by atoms with Gasteiger partial charge in [-0.1, -0.05) is 5.16 Å². The van der Waals surface area contributed by atoms with Crippen LogP contribution in [0.5, 0.6) is 5.75 Å². The van der Waals surface area contributed by atoms with Gasteiger partial charge in [0.1, 0.15) is 24.0 Å². The first-order valence-corrected chi connectivity index (χ1v) is 7.75. The molecule has 0 saturated heterocycles. The summed E-state index contributed by atoms with van der Waals surface area (Å²) in [6, 6.07) is 11.8. The van der Waals surface area contributed by atoms with Crippen molar-refractivity contribution in [1.29, 1.82) is 0 Å². The Morgan fingerprint density at radius 2 is 1.64 bits per heavy atom. The molecule has 0 N–H and O–H groups in total. The van der Waals surface area contributed by atoms with Gasteiger partial charge in [0.15, 0.2) is 0 Å². The summed E-state index contributed by atoms with van der Waals surface area (Å²) in [4.78, 5) is 6.27. The summed E-state index contributed by atoms with van der Waals surface area (Å²) in [5.74, 6) is 0.895. The lowest BCUT2D eigenvalue weighted by Crippen LogP contribution is -2.24. The molecule has 0 spiro atoms. The molecule has 0 fully saturated rings. The van der Waals surface area contributed by atoms with E-state index in [1.165, 1.54) is 24.3 Å². The molecule has 0 aliphatic heterocycles. The number of nitrogens with zero attached hydrogens (tertiary/aromatic N) is 3. The molecule has 3 aromatic rings. The molecular formula is C18H17F2N3O2. The number of hydrogen-bond acceptors (Lipinski definition) is 5. The van der Waals surface area contributed by atoms with Crippen LogP contribution in [-0.4, -0.2) is 35.2 Å². The van der Waals surface area contributed by atoms with Gasteiger partial charge in [-0.3, -0.25) is 4.90 Å². The van der Waals surface area contributed by atoms with Gasteiger partial charge in [-0.2, -0.15) is 4.98 Å². The fourth-order valence-corrected chi connectivity index (χ4v) is 2.20. The highest BCUT2D eigenvalue weighted by Crippen LogP contribution is 2.16. The van der Waals surface area contributed by atoms with Gasteiger partial charge in [-0.15, -0.1) is 0 Å². The molecule has 2 aromatic carbocycles. The van der Waals surface area contributed by atoms with Crippen LogP contribution in [0.4, 0.5) is 8.78 Å². The van der Waals surface area contributed by atoms with E-state index in [2.05, 4.69) is 10.1 Å². The maximum absolute atomic E-state index is 12.9. The fraction of sp³-hybridized carbons (Fsp3) is 0.222. The summed E-state index contributed by atoms with van der Waals surface area (Å²) in [6.07, 6.45) is 0. The first-order chi connectivity index (χ1) is 12.1. The van der Waals surface area contributed by atoms with Gasteiger partial charge in [0.2, 0.25) is 11.7 Å². The summed E-state index contributed by atoms with van der Waals surface area (Å²) in [6.45, 7) is 1.54. The molecule has 0 unspecified atom stereocenters. The van der Waals surface area contributed by atoms with Crippen molar-refractivity contribution in [3.8, 4) is 17.1 Å². The smallest absolute Gasteiger partial charge is 0.241 e. The normalized spacial score (nSPS) is 11.0. The molecule has 0 amide bonds. The second-order valence-electron chi connectivity index (χ2n) is 5.56. The van der Waals surface area contributed by atoms with E-state index in [9.17, 15) is 8.78 Å². The van der Waals surface area contributed by atoms with E-state index >= 15 is 0 Å². The number of ether oxygens (including phenoxy) is 1. The summed E-state index contributed by atoms with van der Waals surface area (Å²) in [5, 5.41) is 3.90. The maximum Gasteiger partial charge on any atom is 0.241 e. The minimum atomic E-state index is -0.312. The molecule has 0 radical (unpaired) electrons. The van der Waals surface area contributed by atoms with Crippen LogP contribution in [0.1, 0.15) is 5.89 Å². The van der Waals surface area contributed by atoms with E-state index < -0.39 is 0 Å². The molecule has 7 heteroatoms. The molecule has 0 bridgehead atoms. The fourth-order valence-electron chi connectivity index (χ4n) is 2.20. The molecular weight excluding hydrogens is 328 g/mol. The predicted octanol–water partition coefficient (Wildman–Crippen LogP) is 3.53. The third-order valence-electron chi connectivity index (χ3n) is 3.53.